The smallest absolute Gasteiger partial charge is 0.316 e. The van der Waals surface area contributed by atoms with Crippen LogP contribution in [0.4, 0.5) is 32.0 Å². The van der Waals surface area contributed by atoms with Gasteiger partial charge in [-0.1, -0.05) is 36.4 Å². The van der Waals surface area contributed by atoms with Crippen LogP contribution in [0.25, 0.3) is 16.6 Å². The molecule has 1 aliphatic heterocycles. The normalized spacial score (nSPS) is 18.5. The van der Waals surface area contributed by atoms with Gasteiger partial charge in [0.2, 0.25) is 5.69 Å². The lowest BCUT2D eigenvalue weighted by Crippen LogP contribution is -2.40. The number of ketones is 2. The number of rotatable bonds is 3. The molecule has 0 spiro atoms. The van der Waals surface area contributed by atoms with E-state index in [4.69, 9.17) is 0 Å². The maximum Gasteiger partial charge on any atom is 0.416 e. The molecule has 2 aliphatic rings. The van der Waals surface area contributed by atoms with Crippen molar-refractivity contribution < 1.29 is 40.5 Å². The molecular formula is C32H23F6N2O2+. The van der Waals surface area contributed by atoms with Gasteiger partial charge in [0.15, 0.2) is 17.3 Å². The summed E-state index contributed by atoms with van der Waals surface area (Å²) in [5.41, 5.74) is -0.580. The number of fused-ring (bicyclic) bond motifs is 2. The molecule has 6 rings (SSSR count). The Bertz CT molecular complexity index is 1840. The molecule has 3 aromatic carbocycles. The molecule has 0 amide bonds. The molecule has 214 valence electrons. The Morgan fingerprint density at radius 2 is 1.40 bits per heavy atom. The van der Waals surface area contributed by atoms with Crippen LogP contribution in [0.1, 0.15) is 42.0 Å². The summed E-state index contributed by atoms with van der Waals surface area (Å²) in [6.45, 7) is 3.98. The molecule has 0 unspecified atom stereocenters. The Kier molecular flexibility index (Phi) is 5.94. The lowest BCUT2D eigenvalue weighted by atomic mass is 9.71. The van der Waals surface area contributed by atoms with Crippen molar-refractivity contribution in [3.63, 3.8) is 0 Å². The van der Waals surface area contributed by atoms with Crippen molar-refractivity contribution in [2.75, 3.05) is 7.05 Å². The van der Waals surface area contributed by atoms with Crippen molar-refractivity contribution in [2.45, 2.75) is 37.5 Å². The monoisotopic (exact) mass is 581 g/mol. The highest BCUT2D eigenvalue weighted by atomic mass is 19.4. The van der Waals surface area contributed by atoms with E-state index in [-0.39, 0.29) is 22.7 Å². The first kappa shape index (κ1) is 27.7. The molecule has 4 nitrogen and oxygen atoms in total. The summed E-state index contributed by atoms with van der Waals surface area (Å²) in [4.78, 5) is 27.0. The van der Waals surface area contributed by atoms with Crippen molar-refractivity contribution in [3.8, 4) is 5.69 Å². The van der Waals surface area contributed by atoms with Gasteiger partial charge in [-0.15, -0.1) is 0 Å². The molecule has 0 saturated heterocycles. The Labute approximate surface area is 236 Å². The topological polar surface area (TPSA) is 42.1 Å². The molecule has 0 atom stereocenters. The minimum atomic E-state index is -5.03. The number of hydrogen-bond acceptors (Lipinski definition) is 2. The van der Waals surface area contributed by atoms with E-state index < -0.39 is 52.1 Å². The van der Waals surface area contributed by atoms with Gasteiger partial charge in [0.05, 0.1) is 27.6 Å². The summed E-state index contributed by atoms with van der Waals surface area (Å²) in [6, 6.07) is 15.3. The van der Waals surface area contributed by atoms with Crippen LogP contribution in [-0.4, -0.2) is 33.5 Å². The molecule has 0 bridgehead atoms. The fourth-order valence-electron chi connectivity index (χ4n) is 6.02. The van der Waals surface area contributed by atoms with Crippen molar-refractivity contribution in [1.29, 1.82) is 0 Å². The van der Waals surface area contributed by atoms with Gasteiger partial charge in [-0.2, -0.15) is 30.9 Å². The van der Waals surface area contributed by atoms with Crippen LogP contribution in [0.2, 0.25) is 0 Å². The minimum absolute atomic E-state index is 0.00186. The number of Topliss-reactive ketones (excluding diaryl/α,β-unsaturated/α-hetero) is 2. The highest BCUT2D eigenvalue weighted by Crippen LogP contribution is 2.44. The maximum absolute atomic E-state index is 13.6. The van der Waals surface area contributed by atoms with E-state index in [9.17, 15) is 35.9 Å². The molecule has 1 aromatic heterocycles. The summed E-state index contributed by atoms with van der Waals surface area (Å²) >= 11 is 0. The van der Waals surface area contributed by atoms with E-state index in [1.54, 1.807) is 24.3 Å². The van der Waals surface area contributed by atoms with Crippen LogP contribution in [0, 0.1) is 0 Å². The number of aromatic nitrogens is 1. The maximum atomic E-state index is 13.6. The molecular weight excluding hydrogens is 558 g/mol. The van der Waals surface area contributed by atoms with Gasteiger partial charge in [-0.25, -0.2) is 0 Å². The van der Waals surface area contributed by atoms with E-state index in [0.717, 1.165) is 21.5 Å². The van der Waals surface area contributed by atoms with Gasteiger partial charge in [-0.05, 0) is 43.7 Å². The zero-order chi connectivity index (χ0) is 30.4. The fraction of sp³-hybridized carbons (Fsp3) is 0.219. The quantitative estimate of drug-likeness (QED) is 0.0825. The van der Waals surface area contributed by atoms with E-state index in [0.29, 0.717) is 17.5 Å². The van der Waals surface area contributed by atoms with Crippen LogP contribution < -0.4 is 0 Å². The SMILES string of the molecule is C[N+]1=C(C=C2C(=O)C(c3cn(-c4cc(C(F)(F)F)cc(C(F)(F)F)c4)c4ccccc34)C2=O)C(C)(C)c2ccccc21. The van der Waals surface area contributed by atoms with Crippen LogP contribution in [0.3, 0.4) is 0 Å². The van der Waals surface area contributed by atoms with E-state index in [2.05, 4.69) is 0 Å². The highest BCUT2D eigenvalue weighted by Gasteiger charge is 2.50. The molecule has 0 N–H and O–H groups in total. The van der Waals surface area contributed by atoms with Crippen molar-refractivity contribution in [2.24, 2.45) is 0 Å². The minimum Gasteiger partial charge on any atom is -0.316 e. The first-order valence-electron chi connectivity index (χ1n) is 13.0. The summed E-state index contributed by atoms with van der Waals surface area (Å²) in [5, 5.41) is 0.382. The number of hydrogen-bond donors (Lipinski definition) is 0. The second-order valence-corrected chi connectivity index (χ2v) is 11.0. The summed E-state index contributed by atoms with van der Waals surface area (Å²) in [6.07, 6.45) is -7.19. The van der Waals surface area contributed by atoms with Gasteiger partial charge in [0, 0.05) is 35.0 Å². The number of nitrogens with zero attached hydrogens (tertiary/aromatic N) is 2. The first-order valence-corrected chi connectivity index (χ1v) is 13.0. The van der Waals surface area contributed by atoms with E-state index in [1.165, 1.54) is 12.3 Å². The standard InChI is InChI=1S/C32H23F6N2O2/c1-30(2)23-9-5-7-11-25(23)39(3)26(30)15-21-28(41)27(29(21)42)22-16-40(24-10-6-4-8-20(22)24)19-13-17(31(33,34)35)12-18(14-19)32(36,37)38/h4-16,27H,1-3H3/q+1. The lowest BCUT2D eigenvalue weighted by molar-refractivity contribution is -0.401. The van der Waals surface area contributed by atoms with Crippen LogP contribution in [0.15, 0.2) is 84.6 Å². The van der Waals surface area contributed by atoms with Gasteiger partial charge in [0.25, 0.3) is 0 Å². The number of carbonyl (C=O) groups is 2. The van der Waals surface area contributed by atoms with E-state index >= 15 is 0 Å². The molecule has 1 saturated carbocycles. The van der Waals surface area contributed by atoms with Crippen molar-refractivity contribution in [1.82, 2.24) is 4.57 Å². The molecule has 42 heavy (non-hydrogen) atoms. The zero-order valence-electron chi connectivity index (χ0n) is 22.6. The van der Waals surface area contributed by atoms with Crippen molar-refractivity contribution in [3.05, 3.63) is 107 Å². The highest BCUT2D eigenvalue weighted by molar-refractivity contribution is 6.43. The number of allylic oxidation sites excluding steroid dienone is 2. The summed E-state index contributed by atoms with van der Waals surface area (Å²) < 4.78 is 84.5. The molecule has 1 aliphatic carbocycles. The van der Waals surface area contributed by atoms with Crippen LogP contribution >= 0.6 is 0 Å². The Morgan fingerprint density at radius 1 is 0.833 bits per heavy atom. The Morgan fingerprint density at radius 3 is 2.00 bits per heavy atom. The van der Waals surface area contributed by atoms with E-state index in [1.807, 2.05) is 49.7 Å². The fourth-order valence-corrected chi connectivity index (χ4v) is 6.02. The Balaban J connectivity index is 1.44. The molecule has 1 fully saturated rings. The van der Waals surface area contributed by atoms with Gasteiger partial charge >= 0.3 is 12.4 Å². The van der Waals surface area contributed by atoms with Crippen LogP contribution in [-0.2, 0) is 27.4 Å². The molecule has 4 aromatic rings. The Hall–Kier alpha value is -4.47. The number of para-hydroxylation sites is 2. The van der Waals surface area contributed by atoms with Gasteiger partial charge in [-0.3, -0.25) is 9.59 Å². The molecule has 10 heteroatoms. The second kappa shape index (κ2) is 9.01. The average Bonchev–Trinajstić information content (AvgIpc) is 3.39. The van der Waals surface area contributed by atoms with Crippen molar-refractivity contribution >= 4 is 33.9 Å². The number of carbonyl (C=O) groups excluding carboxylic acids is 2. The predicted octanol–water partition coefficient (Wildman–Crippen LogP) is 7.54. The number of halogens is 6. The largest absolute Gasteiger partial charge is 0.416 e. The third-order valence-electron chi connectivity index (χ3n) is 8.18. The lowest BCUT2D eigenvalue weighted by Gasteiger charge is -2.26. The second-order valence-electron chi connectivity index (χ2n) is 11.0. The molecule has 2 heterocycles. The third-order valence-corrected chi connectivity index (χ3v) is 8.18. The summed E-state index contributed by atoms with van der Waals surface area (Å²) in [7, 11) is 1.85. The molecule has 0 radical (unpaired) electrons. The van der Waals surface area contributed by atoms with Gasteiger partial charge < -0.3 is 4.57 Å². The first-order chi connectivity index (χ1) is 19.6. The summed E-state index contributed by atoms with van der Waals surface area (Å²) in [5.74, 6) is -2.15. The third kappa shape index (κ3) is 4.11. The van der Waals surface area contributed by atoms with Gasteiger partial charge in [0.1, 0.15) is 13.0 Å². The predicted molar refractivity (Wildman–Crippen MR) is 144 cm³/mol. The zero-order valence-corrected chi connectivity index (χ0v) is 22.6. The number of benzene rings is 3. The average molecular weight is 582 g/mol. The van der Waals surface area contributed by atoms with Crippen LogP contribution in [0.5, 0.6) is 0 Å². The number of alkyl halides is 6.